The number of carbonyl (C=O) groups is 2. The summed E-state index contributed by atoms with van der Waals surface area (Å²) in [7, 11) is 1.71. The summed E-state index contributed by atoms with van der Waals surface area (Å²) in [5.41, 5.74) is 1.74. The van der Waals surface area contributed by atoms with Gasteiger partial charge in [0.1, 0.15) is 5.82 Å². The van der Waals surface area contributed by atoms with Gasteiger partial charge in [-0.05, 0) is 66.1 Å². The van der Waals surface area contributed by atoms with Crippen LogP contribution in [0.25, 0.3) is 0 Å². The van der Waals surface area contributed by atoms with E-state index < -0.39 is 0 Å². The fourth-order valence-electron chi connectivity index (χ4n) is 3.35. The van der Waals surface area contributed by atoms with Crippen molar-refractivity contribution in [1.82, 2.24) is 25.2 Å². The Morgan fingerprint density at radius 2 is 1.75 bits per heavy atom. The van der Waals surface area contributed by atoms with Gasteiger partial charge >= 0.3 is 0 Å². The van der Waals surface area contributed by atoms with Crippen molar-refractivity contribution in [3.8, 4) is 0 Å². The lowest BCUT2D eigenvalue weighted by Gasteiger charge is -2.27. The van der Waals surface area contributed by atoms with Crippen LogP contribution in [0.5, 0.6) is 0 Å². The van der Waals surface area contributed by atoms with Crippen LogP contribution in [0.15, 0.2) is 47.8 Å². The molecule has 1 fully saturated rings. The van der Waals surface area contributed by atoms with Crippen molar-refractivity contribution in [2.45, 2.75) is 24.4 Å². The van der Waals surface area contributed by atoms with Gasteiger partial charge in [-0.3, -0.25) is 9.59 Å². The molecular weight excluding hydrogens is 428 g/mol. The molecule has 0 atom stereocenters. The first-order valence-electron chi connectivity index (χ1n) is 10.4. The minimum absolute atomic E-state index is 0.177. The molecule has 0 bridgehead atoms. The van der Waals surface area contributed by atoms with E-state index in [9.17, 15) is 9.59 Å². The maximum Gasteiger partial charge on any atom is 0.255 e. The van der Waals surface area contributed by atoms with Crippen molar-refractivity contribution in [2.24, 2.45) is 7.05 Å². The van der Waals surface area contributed by atoms with Gasteiger partial charge in [-0.25, -0.2) is 9.67 Å². The summed E-state index contributed by atoms with van der Waals surface area (Å²) < 4.78 is 1.50. The molecule has 0 spiro atoms. The number of hydrogen-bond donors (Lipinski definition) is 2. The van der Waals surface area contributed by atoms with E-state index in [0.717, 1.165) is 18.9 Å². The molecule has 0 unspecified atom stereocenters. The molecule has 10 nitrogen and oxygen atoms in total. The standard InChI is InChI=1S/C21H24N8O2S/c1-28-21(25-26-27-28)32-14-19(30)23-16-7-5-15(6-8-16)20(31)24-17-9-10-18(22-13-17)29-11-3-2-4-12-29/h5-10,13H,2-4,11-12,14H2,1H3,(H,23,30)(H,24,31). The molecule has 166 valence electrons. The molecule has 0 saturated carbocycles. The van der Waals surface area contributed by atoms with Crippen LogP contribution in [0.4, 0.5) is 17.2 Å². The molecule has 2 amide bonds. The Hall–Kier alpha value is -3.47. The van der Waals surface area contributed by atoms with Gasteiger partial charge in [0.15, 0.2) is 0 Å². The van der Waals surface area contributed by atoms with Gasteiger partial charge < -0.3 is 15.5 Å². The van der Waals surface area contributed by atoms with Crippen LogP contribution >= 0.6 is 11.8 Å². The molecule has 2 N–H and O–H groups in total. The lowest BCUT2D eigenvalue weighted by Crippen LogP contribution is -2.30. The Kier molecular flexibility index (Phi) is 6.95. The molecule has 2 aromatic heterocycles. The van der Waals surface area contributed by atoms with Gasteiger partial charge in [0.05, 0.1) is 17.6 Å². The van der Waals surface area contributed by atoms with Crippen LogP contribution in [0.1, 0.15) is 29.6 Å². The number of carbonyl (C=O) groups excluding carboxylic acids is 2. The van der Waals surface area contributed by atoms with Crippen molar-refractivity contribution in [3.63, 3.8) is 0 Å². The van der Waals surface area contributed by atoms with E-state index in [4.69, 9.17) is 0 Å². The highest BCUT2D eigenvalue weighted by Crippen LogP contribution is 2.20. The smallest absolute Gasteiger partial charge is 0.255 e. The molecule has 4 rings (SSSR count). The first-order valence-corrected chi connectivity index (χ1v) is 11.3. The Morgan fingerprint density at radius 1 is 1.00 bits per heavy atom. The maximum absolute atomic E-state index is 12.5. The SMILES string of the molecule is Cn1nnnc1SCC(=O)Nc1ccc(C(=O)Nc2ccc(N3CCCCC3)nc2)cc1. The number of nitrogens with one attached hydrogen (secondary N) is 2. The molecule has 3 heterocycles. The Labute approximate surface area is 189 Å². The van der Waals surface area contributed by atoms with Crippen LogP contribution in [-0.2, 0) is 11.8 Å². The van der Waals surface area contributed by atoms with Crippen LogP contribution in [-0.4, -0.2) is 55.8 Å². The van der Waals surface area contributed by atoms with Crippen LogP contribution < -0.4 is 15.5 Å². The van der Waals surface area contributed by atoms with Crippen molar-refractivity contribution < 1.29 is 9.59 Å². The highest BCUT2D eigenvalue weighted by atomic mass is 32.2. The number of thioether (sulfide) groups is 1. The second kappa shape index (κ2) is 10.2. The van der Waals surface area contributed by atoms with Gasteiger partial charge in [0.2, 0.25) is 11.1 Å². The van der Waals surface area contributed by atoms with E-state index in [2.05, 4.69) is 36.0 Å². The summed E-state index contributed by atoms with van der Waals surface area (Å²) in [4.78, 5) is 31.4. The maximum atomic E-state index is 12.5. The van der Waals surface area contributed by atoms with Crippen LogP contribution in [0.3, 0.4) is 0 Å². The molecule has 0 aliphatic carbocycles. The average molecular weight is 453 g/mol. The molecule has 1 aliphatic rings. The van der Waals surface area contributed by atoms with Gasteiger partial charge in [0.25, 0.3) is 5.91 Å². The van der Waals surface area contributed by atoms with Crippen molar-refractivity contribution in [1.29, 1.82) is 0 Å². The Balaban J connectivity index is 1.28. The number of aryl methyl sites for hydroxylation is 1. The number of tetrazole rings is 1. The second-order valence-corrected chi connectivity index (χ2v) is 8.35. The second-order valence-electron chi connectivity index (χ2n) is 7.41. The first-order chi connectivity index (χ1) is 15.6. The summed E-state index contributed by atoms with van der Waals surface area (Å²) in [6.45, 7) is 2.05. The number of aromatic nitrogens is 5. The number of piperidine rings is 1. The Bertz CT molecular complexity index is 1060. The lowest BCUT2D eigenvalue weighted by molar-refractivity contribution is -0.113. The lowest BCUT2D eigenvalue weighted by atomic mass is 10.1. The molecule has 11 heteroatoms. The van der Waals surface area contributed by atoms with Crippen molar-refractivity contribution in [2.75, 3.05) is 34.4 Å². The van der Waals surface area contributed by atoms with Gasteiger partial charge in [-0.1, -0.05) is 11.8 Å². The molecule has 1 aliphatic heterocycles. The summed E-state index contributed by atoms with van der Waals surface area (Å²) in [6, 6.07) is 10.5. The van der Waals surface area contributed by atoms with E-state index >= 15 is 0 Å². The highest BCUT2D eigenvalue weighted by Gasteiger charge is 2.13. The third-order valence-electron chi connectivity index (χ3n) is 5.03. The van der Waals surface area contributed by atoms with Crippen LogP contribution in [0.2, 0.25) is 0 Å². The molecule has 1 saturated heterocycles. The first kappa shape index (κ1) is 21.8. The van der Waals surface area contributed by atoms with E-state index in [0.29, 0.717) is 22.1 Å². The average Bonchev–Trinajstić information content (AvgIpc) is 3.24. The molecule has 3 aromatic rings. The zero-order valence-electron chi connectivity index (χ0n) is 17.7. The van der Waals surface area contributed by atoms with E-state index in [1.54, 1.807) is 37.5 Å². The number of benzene rings is 1. The number of amides is 2. The summed E-state index contributed by atoms with van der Waals surface area (Å²) in [5, 5.41) is 17.3. The molecule has 1 aromatic carbocycles. The minimum atomic E-state index is -0.235. The monoisotopic (exact) mass is 452 g/mol. The van der Waals surface area contributed by atoms with Gasteiger partial charge in [0, 0.05) is 31.4 Å². The van der Waals surface area contributed by atoms with E-state index in [1.807, 2.05) is 12.1 Å². The number of nitrogens with zero attached hydrogens (tertiary/aromatic N) is 6. The summed E-state index contributed by atoms with van der Waals surface area (Å²) in [6.07, 6.45) is 5.33. The number of hydrogen-bond acceptors (Lipinski definition) is 8. The number of pyridine rings is 1. The molecular formula is C21H24N8O2S. The summed E-state index contributed by atoms with van der Waals surface area (Å²) in [5.74, 6) is 0.698. The predicted molar refractivity (Wildman–Crippen MR) is 123 cm³/mol. The summed E-state index contributed by atoms with van der Waals surface area (Å²) >= 11 is 1.24. The Morgan fingerprint density at radius 3 is 2.41 bits per heavy atom. The normalized spacial score (nSPS) is 13.6. The largest absolute Gasteiger partial charge is 0.357 e. The van der Waals surface area contributed by atoms with Crippen molar-refractivity contribution >= 4 is 40.8 Å². The minimum Gasteiger partial charge on any atom is -0.357 e. The van der Waals surface area contributed by atoms with Gasteiger partial charge in [-0.2, -0.15) is 0 Å². The third-order valence-corrected chi connectivity index (χ3v) is 6.04. The van der Waals surface area contributed by atoms with Gasteiger partial charge in [-0.15, -0.1) is 5.10 Å². The molecule has 0 radical (unpaired) electrons. The van der Waals surface area contributed by atoms with Crippen LogP contribution in [0, 0.1) is 0 Å². The van der Waals surface area contributed by atoms with E-state index in [-0.39, 0.29) is 17.6 Å². The number of rotatable bonds is 7. The third kappa shape index (κ3) is 5.61. The van der Waals surface area contributed by atoms with E-state index in [1.165, 1.54) is 35.7 Å². The quantitative estimate of drug-likeness (QED) is 0.525. The van der Waals surface area contributed by atoms with Crippen molar-refractivity contribution in [3.05, 3.63) is 48.2 Å². The highest BCUT2D eigenvalue weighted by molar-refractivity contribution is 7.99. The zero-order valence-corrected chi connectivity index (χ0v) is 18.5. The molecule has 32 heavy (non-hydrogen) atoms. The fraction of sp³-hybridized carbons (Fsp3) is 0.333. The zero-order chi connectivity index (χ0) is 22.3. The fourth-order valence-corrected chi connectivity index (χ4v) is 4.00. The predicted octanol–water partition coefficient (Wildman–Crippen LogP) is 2.58. The number of anilines is 3. The topological polar surface area (TPSA) is 118 Å².